The number of likely N-dealkylation sites (N-methyl/N-ethyl adjacent to an activating group) is 1. The second kappa shape index (κ2) is 6.49. The van der Waals surface area contributed by atoms with Gasteiger partial charge in [-0.3, -0.25) is 9.48 Å². The zero-order valence-electron chi connectivity index (χ0n) is 14.8. The minimum Gasteiger partial charge on any atom is -0.336 e. The number of hydrogen-bond donors (Lipinski definition) is 0. The number of aryl methyl sites for hydroxylation is 1. The standard InChI is InChI=1S/C19H20FN5O/c1-23-6-8-25(9-7-23)19(26)15-11-17(13-4-3-5-14(20)10-13)22-18-16(15)12-21-24(18)2/h3-5,10-12H,6-9H2,1-2H3. The van der Waals surface area contributed by atoms with Crippen LogP contribution >= 0.6 is 0 Å². The van der Waals surface area contributed by atoms with E-state index in [0.717, 1.165) is 18.5 Å². The number of piperazine rings is 1. The van der Waals surface area contributed by atoms with Crippen molar-refractivity contribution in [3.05, 3.63) is 47.9 Å². The second-order valence-electron chi connectivity index (χ2n) is 6.67. The van der Waals surface area contributed by atoms with Crippen molar-refractivity contribution in [1.82, 2.24) is 24.6 Å². The third kappa shape index (κ3) is 2.94. The first-order valence-electron chi connectivity index (χ1n) is 8.59. The maximum absolute atomic E-state index is 13.6. The van der Waals surface area contributed by atoms with E-state index in [1.165, 1.54) is 12.1 Å². The van der Waals surface area contributed by atoms with Crippen LogP contribution in [-0.2, 0) is 7.05 Å². The van der Waals surface area contributed by atoms with Crippen LogP contribution in [0.3, 0.4) is 0 Å². The fourth-order valence-electron chi connectivity index (χ4n) is 3.27. The Bertz CT molecular complexity index is 975. The normalized spacial score (nSPS) is 15.6. The summed E-state index contributed by atoms with van der Waals surface area (Å²) < 4.78 is 15.3. The third-order valence-electron chi connectivity index (χ3n) is 4.85. The van der Waals surface area contributed by atoms with Crippen LogP contribution in [0.1, 0.15) is 10.4 Å². The first-order valence-corrected chi connectivity index (χ1v) is 8.59. The minimum atomic E-state index is -0.332. The number of carbonyl (C=O) groups excluding carboxylic acids is 1. The molecule has 26 heavy (non-hydrogen) atoms. The van der Waals surface area contributed by atoms with Gasteiger partial charge in [0.1, 0.15) is 5.82 Å². The molecule has 3 aromatic rings. The van der Waals surface area contributed by atoms with Crippen LogP contribution in [0.2, 0.25) is 0 Å². The van der Waals surface area contributed by atoms with Gasteiger partial charge in [-0.1, -0.05) is 12.1 Å². The molecule has 6 nitrogen and oxygen atoms in total. The Balaban J connectivity index is 1.81. The van der Waals surface area contributed by atoms with Crippen molar-refractivity contribution in [2.75, 3.05) is 33.2 Å². The van der Waals surface area contributed by atoms with Crippen molar-refractivity contribution in [3.63, 3.8) is 0 Å². The molecule has 0 atom stereocenters. The first kappa shape index (κ1) is 16.7. The van der Waals surface area contributed by atoms with Crippen LogP contribution < -0.4 is 0 Å². The van der Waals surface area contributed by atoms with E-state index in [-0.39, 0.29) is 11.7 Å². The average Bonchev–Trinajstić information content (AvgIpc) is 3.02. The van der Waals surface area contributed by atoms with Crippen molar-refractivity contribution in [3.8, 4) is 11.3 Å². The molecule has 0 N–H and O–H groups in total. The molecule has 1 fully saturated rings. The molecule has 0 spiro atoms. The Morgan fingerprint density at radius 1 is 1.12 bits per heavy atom. The molecule has 1 aromatic carbocycles. The van der Waals surface area contributed by atoms with Gasteiger partial charge in [0.2, 0.25) is 0 Å². The summed E-state index contributed by atoms with van der Waals surface area (Å²) in [4.78, 5) is 21.8. The zero-order chi connectivity index (χ0) is 18.3. The van der Waals surface area contributed by atoms with Gasteiger partial charge in [0.05, 0.1) is 22.8 Å². The number of aromatic nitrogens is 3. The lowest BCUT2D eigenvalue weighted by atomic mass is 10.1. The molecule has 0 unspecified atom stereocenters. The molecule has 7 heteroatoms. The maximum atomic E-state index is 13.6. The number of pyridine rings is 1. The molecule has 2 aromatic heterocycles. The van der Waals surface area contributed by atoms with Crippen LogP contribution in [-0.4, -0.2) is 63.7 Å². The van der Waals surface area contributed by atoms with E-state index in [1.807, 2.05) is 4.90 Å². The van der Waals surface area contributed by atoms with Crippen LogP contribution in [0.5, 0.6) is 0 Å². The van der Waals surface area contributed by atoms with Crippen molar-refractivity contribution in [1.29, 1.82) is 0 Å². The Morgan fingerprint density at radius 3 is 2.62 bits per heavy atom. The summed E-state index contributed by atoms with van der Waals surface area (Å²) in [6.45, 7) is 3.08. The topological polar surface area (TPSA) is 54.3 Å². The highest BCUT2D eigenvalue weighted by Crippen LogP contribution is 2.26. The molecule has 134 valence electrons. The molecule has 1 saturated heterocycles. The minimum absolute atomic E-state index is 0.0313. The number of halogens is 1. The fourth-order valence-corrected chi connectivity index (χ4v) is 3.27. The van der Waals surface area contributed by atoms with Crippen molar-refractivity contribution in [2.45, 2.75) is 0 Å². The van der Waals surface area contributed by atoms with Gasteiger partial charge in [0.25, 0.3) is 5.91 Å². The summed E-state index contributed by atoms with van der Waals surface area (Å²) in [5, 5.41) is 4.97. The van der Waals surface area contributed by atoms with Crippen LogP contribution in [0.15, 0.2) is 36.5 Å². The molecule has 3 heterocycles. The first-order chi connectivity index (χ1) is 12.5. The monoisotopic (exact) mass is 353 g/mol. The summed E-state index contributed by atoms with van der Waals surface area (Å²) in [5.74, 6) is -0.363. The molecule has 1 aliphatic rings. The van der Waals surface area contributed by atoms with Gasteiger partial charge in [-0.05, 0) is 25.2 Å². The molecule has 1 amide bonds. The lowest BCUT2D eigenvalue weighted by Crippen LogP contribution is -2.47. The van der Waals surface area contributed by atoms with Crippen LogP contribution in [0, 0.1) is 5.82 Å². The smallest absolute Gasteiger partial charge is 0.254 e. The lowest BCUT2D eigenvalue weighted by molar-refractivity contribution is 0.0666. The van der Waals surface area contributed by atoms with E-state index in [1.54, 1.807) is 36.1 Å². The Kier molecular flexibility index (Phi) is 4.16. The van der Waals surface area contributed by atoms with Crippen LogP contribution in [0.25, 0.3) is 22.3 Å². The van der Waals surface area contributed by atoms with E-state index < -0.39 is 0 Å². The van der Waals surface area contributed by atoms with Gasteiger partial charge in [0.15, 0.2) is 5.65 Å². The summed E-state index contributed by atoms with van der Waals surface area (Å²) >= 11 is 0. The Labute approximate surface area is 150 Å². The predicted octanol–water partition coefficient (Wildman–Crippen LogP) is 2.16. The van der Waals surface area contributed by atoms with Gasteiger partial charge in [-0.25, -0.2) is 9.37 Å². The lowest BCUT2D eigenvalue weighted by Gasteiger charge is -2.32. The molecule has 1 aliphatic heterocycles. The Morgan fingerprint density at radius 2 is 1.88 bits per heavy atom. The Hall–Kier alpha value is -2.80. The average molecular weight is 353 g/mol. The number of rotatable bonds is 2. The molecule has 0 radical (unpaired) electrons. The van der Waals surface area contributed by atoms with Crippen molar-refractivity contribution in [2.24, 2.45) is 7.05 Å². The summed E-state index contributed by atoms with van der Waals surface area (Å²) in [6.07, 6.45) is 1.67. The number of nitrogens with zero attached hydrogens (tertiary/aromatic N) is 5. The van der Waals surface area contributed by atoms with Crippen LogP contribution in [0.4, 0.5) is 4.39 Å². The van der Waals surface area contributed by atoms with Gasteiger partial charge in [-0.2, -0.15) is 5.10 Å². The number of benzene rings is 1. The summed E-state index contributed by atoms with van der Waals surface area (Å²) in [7, 11) is 3.84. The van der Waals surface area contributed by atoms with Gasteiger partial charge < -0.3 is 9.80 Å². The van der Waals surface area contributed by atoms with Gasteiger partial charge in [0, 0.05) is 38.8 Å². The highest BCUT2D eigenvalue weighted by molar-refractivity contribution is 6.06. The summed E-state index contributed by atoms with van der Waals surface area (Å²) in [5.41, 5.74) is 2.38. The third-order valence-corrected chi connectivity index (χ3v) is 4.85. The van der Waals surface area contributed by atoms with E-state index in [2.05, 4.69) is 22.0 Å². The zero-order valence-corrected chi connectivity index (χ0v) is 14.8. The quantitative estimate of drug-likeness (QED) is 0.709. The SMILES string of the molecule is CN1CCN(C(=O)c2cc(-c3cccc(F)c3)nc3c2cnn3C)CC1. The molecular weight excluding hydrogens is 333 g/mol. The largest absolute Gasteiger partial charge is 0.336 e. The highest BCUT2D eigenvalue weighted by atomic mass is 19.1. The maximum Gasteiger partial charge on any atom is 0.254 e. The molecular formula is C19H20FN5O. The fraction of sp³-hybridized carbons (Fsp3) is 0.316. The van der Waals surface area contributed by atoms with Crippen molar-refractivity contribution < 1.29 is 9.18 Å². The van der Waals surface area contributed by atoms with Crippen molar-refractivity contribution >= 4 is 16.9 Å². The number of fused-ring (bicyclic) bond motifs is 1. The number of carbonyl (C=O) groups is 1. The molecule has 4 rings (SSSR count). The number of amides is 1. The number of hydrogen-bond acceptors (Lipinski definition) is 4. The second-order valence-corrected chi connectivity index (χ2v) is 6.67. The van der Waals surface area contributed by atoms with E-state index >= 15 is 0 Å². The van der Waals surface area contributed by atoms with E-state index in [9.17, 15) is 9.18 Å². The molecule has 0 saturated carbocycles. The predicted molar refractivity (Wildman–Crippen MR) is 97.3 cm³/mol. The van der Waals surface area contributed by atoms with E-state index in [0.29, 0.717) is 35.6 Å². The summed E-state index contributed by atoms with van der Waals surface area (Å²) in [6, 6.07) is 8.00. The van der Waals surface area contributed by atoms with Gasteiger partial charge in [-0.15, -0.1) is 0 Å². The van der Waals surface area contributed by atoms with E-state index in [4.69, 9.17) is 0 Å². The highest BCUT2D eigenvalue weighted by Gasteiger charge is 2.24. The molecule has 0 bridgehead atoms. The molecule has 0 aliphatic carbocycles. The van der Waals surface area contributed by atoms with Gasteiger partial charge >= 0.3 is 0 Å².